The number of piperidine rings is 1. The predicted molar refractivity (Wildman–Crippen MR) is 221 cm³/mol. The summed E-state index contributed by atoms with van der Waals surface area (Å²) in [7, 11) is -2.11. The zero-order chi connectivity index (χ0) is 40.3. The number of ether oxygens (including phenoxy) is 2. The van der Waals surface area contributed by atoms with Crippen molar-refractivity contribution in [3.05, 3.63) is 72.1 Å². The van der Waals surface area contributed by atoms with Gasteiger partial charge in [0, 0.05) is 88.0 Å². The van der Waals surface area contributed by atoms with Crippen molar-refractivity contribution in [3.63, 3.8) is 0 Å². The Morgan fingerprint density at radius 1 is 0.897 bits per heavy atom. The normalized spacial score (nSPS) is 25.6. The van der Waals surface area contributed by atoms with Gasteiger partial charge < -0.3 is 34.4 Å². The highest BCUT2D eigenvalue weighted by molar-refractivity contribution is 7.92. The van der Waals surface area contributed by atoms with Crippen molar-refractivity contribution in [2.45, 2.75) is 60.1 Å². The van der Waals surface area contributed by atoms with Crippen molar-refractivity contribution in [1.82, 2.24) is 24.9 Å². The molecule has 5 aliphatic heterocycles. The minimum Gasteiger partial charge on any atom is -0.453 e. The molecule has 12 nitrogen and oxygen atoms in total. The molecule has 0 spiro atoms. The van der Waals surface area contributed by atoms with Crippen LogP contribution in [0.3, 0.4) is 0 Å². The van der Waals surface area contributed by atoms with E-state index in [0.29, 0.717) is 36.5 Å². The largest absolute Gasteiger partial charge is 0.453 e. The van der Waals surface area contributed by atoms with E-state index < -0.39 is 21.2 Å². The highest BCUT2D eigenvalue weighted by Gasteiger charge is 2.53. The third kappa shape index (κ3) is 8.82. The zero-order valence-electron chi connectivity index (χ0n) is 34.0. The van der Waals surface area contributed by atoms with Crippen molar-refractivity contribution in [2.24, 2.45) is 17.8 Å². The molecule has 14 heteroatoms. The number of hydrogen-bond donors (Lipinski definition) is 1. The number of methoxy groups -OCH3 is 1. The number of anilines is 1. The van der Waals surface area contributed by atoms with Crippen LogP contribution < -0.4 is 10.2 Å². The summed E-state index contributed by atoms with van der Waals surface area (Å²) in [5, 5.41) is 2.60. The van der Waals surface area contributed by atoms with E-state index in [9.17, 15) is 18.0 Å². The minimum atomic E-state index is -3.53. The number of likely N-dealkylation sites (tertiary alicyclic amines) is 3. The third-order valence-corrected chi connectivity index (χ3v) is 16.2. The highest BCUT2D eigenvalue weighted by Crippen LogP contribution is 2.51. The molecule has 1 N–H and O–H groups in total. The minimum absolute atomic E-state index is 0.0111. The second-order valence-electron chi connectivity index (χ2n) is 17.5. The summed E-state index contributed by atoms with van der Waals surface area (Å²) in [6.45, 7) is 12.1. The van der Waals surface area contributed by atoms with Crippen LogP contribution in [0.1, 0.15) is 44.1 Å². The standard InChI is InChI=1S/C44H61FN6O6S/c1-56-43(53)46-41-9-3-8-40(41)44(32-49-18-5-19-49,35-6-2-7-36(45)26-35)34-15-20-48(21-16-34)27-33-28-50(29-33)37-11-13-38(14-12-37)58(54,55)39-30-51(31-39)42(52)10-4-17-47-22-24-57-25-23-47/h2,4,6-7,10-14,26,33-34,39-41H,3,5,8-9,15-25,27-32H2,1H3,(H,46,53)/b10-4+/t40-,41-,44-/m0/s1. The van der Waals surface area contributed by atoms with Gasteiger partial charge in [0.2, 0.25) is 5.91 Å². The molecule has 2 aromatic carbocycles. The van der Waals surface area contributed by atoms with Gasteiger partial charge in [0.25, 0.3) is 0 Å². The molecule has 2 aromatic rings. The SMILES string of the molecule is COC(=O)N[C@H]1CCC[C@@H]1[C@](CN1CCC1)(c1cccc(F)c1)C1CCN(CC2CN(c3ccc(S(=O)(=O)C4CN(C(=O)/C=C/CN5CCOCC5)C4)cc3)C2)CC1. The molecule has 8 rings (SSSR count). The van der Waals surface area contributed by atoms with Gasteiger partial charge in [-0.3, -0.25) is 9.69 Å². The summed E-state index contributed by atoms with van der Waals surface area (Å²) in [6, 6.07) is 14.6. The topological polar surface area (TPSA) is 115 Å². The van der Waals surface area contributed by atoms with E-state index in [2.05, 4.69) is 31.0 Å². The second-order valence-corrected chi connectivity index (χ2v) is 19.8. The number of hydrogen-bond acceptors (Lipinski definition) is 10. The Kier molecular flexibility index (Phi) is 12.8. The Balaban J connectivity index is 0.839. The predicted octanol–water partition coefficient (Wildman–Crippen LogP) is 4.02. The van der Waals surface area contributed by atoms with E-state index in [1.54, 1.807) is 35.2 Å². The molecular weight excluding hydrogens is 760 g/mol. The first-order valence-corrected chi connectivity index (χ1v) is 23.1. The lowest BCUT2D eigenvalue weighted by Crippen LogP contribution is -2.60. The van der Waals surface area contributed by atoms with E-state index >= 15 is 4.39 Å². The molecule has 6 aliphatic rings. The molecule has 0 bridgehead atoms. The van der Waals surface area contributed by atoms with Crippen molar-refractivity contribution in [3.8, 4) is 0 Å². The maximum Gasteiger partial charge on any atom is 0.407 e. The molecule has 5 heterocycles. The molecule has 0 radical (unpaired) electrons. The van der Waals surface area contributed by atoms with Crippen LogP contribution in [0.15, 0.2) is 65.6 Å². The average Bonchev–Trinajstić information content (AvgIpc) is 3.64. The van der Waals surface area contributed by atoms with Gasteiger partial charge in [0.1, 0.15) is 11.1 Å². The number of carbonyl (C=O) groups is 2. The number of morpholine rings is 1. The van der Waals surface area contributed by atoms with Crippen molar-refractivity contribution < 1.29 is 31.9 Å². The van der Waals surface area contributed by atoms with Crippen molar-refractivity contribution >= 4 is 27.5 Å². The molecular formula is C44H61FN6O6S. The average molecular weight is 821 g/mol. The summed E-state index contributed by atoms with van der Waals surface area (Å²) < 4.78 is 52.3. The number of alkyl carbamates (subject to hydrolysis) is 1. The number of nitrogens with zero attached hydrogens (tertiary/aromatic N) is 5. The van der Waals surface area contributed by atoms with Gasteiger partial charge in [-0.25, -0.2) is 17.6 Å². The monoisotopic (exact) mass is 820 g/mol. The van der Waals surface area contributed by atoms with Gasteiger partial charge in [0.05, 0.1) is 25.2 Å². The first-order valence-electron chi connectivity index (χ1n) is 21.5. The molecule has 58 heavy (non-hydrogen) atoms. The van der Waals surface area contributed by atoms with Crippen LogP contribution in [0.2, 0.25) is 0 Å². The van der Waals surface area contributed by atoms with E-state index in [1.807, 2.05) is 24.3 Å². The van der Waals surface area contributed by atoms with Crippen LogP contribution in [-0.2, 0) is 29.5 Å². The summed E-state index contributed by atoms with van der Waals surface area (Å²) in [4.78, 5) is 36.7. The van der Waals surface area contributed by atoms with Gasteiger partial charge in [-0.15, -0.1) is 0 Å². The van der Waals surface area contributed by atoms with Gasteiger partial charge in [-0.1, -0.05) is 24.6 Å². The van der Waals surface area contributed by atoms with E-state index in [0.717, 1.165) is 109 Å². The first-order chi connectivity index (χ1) is 28.1. The van der Waals surface area contributed by atoms with Crippen LogP contribution in [0.4, 0.5) is 14.9 Å². The highest BCUT2D eigenvalue weighted by atomic mass is 32.2. The molecule has 1 saturated carbocycles. The fourth-order valence-electron chi connectivity index (χ4n) is 10.7. The molecule has 5 saturated heterocycles. The Morgan fingerprint density at radius 2 is 1.64 bits per heavy atom. The van der Waals surface area contributed by atoms with Crippen LogP contribution in [0, 0.1) is 23.6 Å². The lowest BCUT2D eigenvalue weighted by Gasteiger charge is -2.54. The van der Waals surface area contributed by atoms with E-state index in [1.165, 1.54) is 13.5 Å². The Labute approximate surface area is 343 Å². The number of sulfone groups is 1. The maximum atomic E-state index is 15.0. The van der Waals surface area contributed by atoms with Crippen LogP contribution >= 0.6 is 0 Å². The number of benzene rings is 2. The van der Waals surface area contributed by atoms with Gasteiger partial charge in [0.15, 0.2) is 9.84 Å². The quantitative estimate of drug-likeness (QED) is 0.281. The van der Waals surface area contributed by atoms with Gasteiger partial charge >= 0.3 is 6.09 Å². The smallest absolute Gasteiger partial charge is 0.407 e. The van der Waals surface area contributed by atoms with Crippen molar-refractivity contribution in [1.29, 1.82) is 0 Å². The summed E-state index contributed by atoms with van der Waals surface area (Å²) in [6.07, 6.45) is 9.19. The van der Waals surface area contributed by atoms with Crippen LogP contribution in [0.5, 0.6) is 0 Å². The fourth-order valence-corrected chi connectivity index (χ4v) is 12.3. The summed E-state index contributed by atoms with van der Waals surface area (Å²) in [5.41, 5.74) is 1.82. The lowest BCUT2D eigenvalue weighted by molar-refractivity contribution is -0.129. The second kappa shape index (κ2) is 18.0. The van der Waals surface area contributed by atoms with Gasteiger partial charge in [-0.05, 0) is 112 Å². The van der Waals surface area contributed by atoms with Crippen LogP contribution in [0.25, 0.3) is 0 Å². The number of amides is 2. The number of nitrogens with one attached hydrogen (secondary N) is 1. The molecule has 6 fully saturated rings. The maximum absolute atomic E-state index is 15.0. The molecule has 0 aromatic heterocycles. The van der Waals surface area contributed by atoms with E-state index in [4.69, 9.17) is 9.47 Å². The molecule has 316 valence electrons. The molecule has 2 amide bonds. The lowest BCUT2D eigenvalue weighted by atomic mass is 9.57. The van der Waals surface area contributed by atoms with Crippen LogP contribution in [-0.4, -0.2) is 157 Å². The zero-order valence-corrected chi connectivity index (χ0v) is 34.8. The fraction of sp³-hybridized carbons (Fsp3) is 0.636. The number of rotatable bonds is 14. The Morgan fingerprint density at radius 3 is 2.31 bits per heavy atom. The number of halogens is 1. The summed E-state index contributed by atoms with van der Waals surface area (Å²) in [5.74, 6) is 0.732. The Hall–Kier alpha value is -3.56. The summed E-state index contributed by atoms with van der Waals surface area (Å²) >= 11 is 0. The number of carbonyl (C=O) groups excluding carboxylic acids is 2. The Bertz CT molecular complexity index is 1870. The van der Waals surface area contributed by atoms with Crippen molar-refractivity contribution in [2.75, 3.05) is 110 Å². The van der Waals surface area contributed by atoms with E-state index in [-0.39, 0.29) is 42.2 Å². The first kappa shape index (κ1) is 41.2. The molecule has 0 unspecified atom stereocenters. The van der Waals surface area contributed by atoms with Gasteiger partial charge in [-0.2, -0.15) is 0 Å². The third-order valence-electron chi connectivity index (χ3n) is 14.1. The molecule has 1 aliphatic carbocycles. The molecule has 3 atom stereocenters.